The van der Waals surface area contributed by atoms with Gasteiger partial charge in [0.2, 0.25) is 0 Å². The lowest BCUT2D eigenvalue weighted by Crippen LogP contribution is -2.49. The van der Waals surface area contributed by atoms with Gasteiger partial charge in [-0.25, -0.2) is 4.98 Å². The Morgan fingerprint density at radius 2 is 1.79 bits per heavy atom. The van der Waals surface area contributed by atoms with E-state index in [9.17, 15) is 4.79 Å². The van der Waals surface area contributed by atoms with Crippen LogP contribution in [0.1, 0.15) is 21.7 Å². The maximum Gasteiger partial charge on any atom is 0.259 e. The van der Waals surface area contributed by atoms with Crippen molar-refractivity contribution in [3.63, 3.8) is 0 Å². The Labute approximate surface area is 162 Å². The molecule has 1 amide bonds. The fourth-order valence-corrected chi connectivity index (χ4v) is 3.05. The van der Waals surface area contributed by atoms with Crippen molar-refractivity contribution < 1.29 is 9.32 Å². The summed E-state index contributed by atoms with van der Waals surface area (Å²) in [5.41, 5.74) is 1.62. The standard InChI is InChI=1S/C19H21N7O2/c1-13-3-4-16(20-11-13)22-17-5-6-18(24-23-17)25-7-9-26(10-8-25)19(27)15-12-21-28-14(15)2/h3-6,11-12H,7-10H2,1-2H3,(H,20,22,23). The average molecular weight is 379 g/mol. The maximum absolute atomic E-state index is 12.5. The first-order valence-corrected chi connectivity index (χ1v) is 9.09. The Balaban J connectivity index is 1.35. The van der Waals surface area contributed by atoms with E-state index in [2.05, 4.69) is 30.6 Å². The van der Waals surface area contributed by atoms with Gasteiger partial charge in [0.1, 0.15) is 17.1 Å². The lowest BCUT2D eigenvalue weighted by atomic mass is 10.2. The number of aromatic nitrogens is 4. The lowest BCUT2D eigenvalue weighted by molar-refractivity contribution is 0.0744. The number of nitrogens with zero attached hydrogens (tertiary/aromatic N) is 6. The smallest absolute Gasteiger partial charge is 0.259 e. The molecule has 1 N–H and O–H groups in total. The molecule has 1 saturated heterocycles. The number of piperazine rings is 1. The summed E-state index contributed by atoms with van der Waals surface area (Å²) in [6, 6.07) is 7.68. The van der Waals surface area contributed by atoms with Crippen LogP contribution in [0.25, 0.3) is 0 Å². The van der Waals surface area contributed by atoms with Gasteiger partial charge in [0.15, 0.2) is 11.6 Å². The van der Waals surface area contributed by atoms with Gasteiger partial charge in [0, 0.05) is 32.4 Å². The summed E-state index contributed by atoms with van der Waals surface area (Å²) in [4.78, 5) is 20.8. The van der Waals surface area contributed by atoms with Gasteiger partial charge in [-0.3, -0.25) is 4.79 Å². The monoisotopic (exact) mass is 379 g/mol. The molecule has 0 aliphatic carbocycles. The third-order valence-corrected chi connectivity index (χ3v) is 4.69. The first-order valence-electron chi connectivity index (χ1n) is 9.09. The second-order valence-corrected chi connectivity index (χ2v) is 6.70. The van der Waals surface area contributed by atoms with E-state index in [1.165, 1.54) is 6.20 Å². The zero-order valence-electron chi connectivity index (χ0n) is 15.8. The molecule has 9 nitrogen and oxygen atoms in total. The quantitative estimate of drug-likeness (QED) is 0.736. The Hall–Kier alpha value is -3.49. The molecule has 1 aliphatic rings. The zero-order chi connectivity index (χ0) is 19.5. The summed E-state index contributed by atoms with van der Waals surface area (Å²) < 4.78 is 4.99. The molecule has 3 aromatic heterocycles. The summed E-state index contributed by atoms with van der Waals surface area (Å²) in [6.45, 7) is 6.34. The molecule has 4 heterocycles. The molecule has 4 rings (SSSR count). The molecule has 0 spiro atoms. The van der Waals surface area contributed by atoms with Crippen LogP contribution in [0.3, 0.4) is 0 Å². The third kappa shape index (κ3) is 3.78. The molecule has 0 radical (unpaired) electrons. The molecule has 28 heavy (non-hydrogen) atoms. The van der Waals surface area contributed by atoms with Crippen LogP contribution >= 0.6 is 0 Å². The fourth-order valence-electron chi connectivity index (χ4n) is 3.05. The number of anilines is 3. The van der Waals surface area contributed by atoms with Crippen molar-refractivity contribution in [3.05, 3.63) is 53.5 Å². The zero-order valence-corrected chi connectivity index (χ0v) is 15.8. The Morgan fingerprint density at radius 3 is 2.39 bits per heavy atom. The van der Waals surface area contributed by atoms with Gasteiger partial charge in [-0.2, -0.15) is 0 Å². The van der Waals surface area contributed by atoms with Crippen molar-refractivity contribution in [2.75, 3.05) is 36.4 Å². The van der Waals surface area contributed by atoms with Gasteiger partial charge in [-0.15, -0.1) is 10.2 Å². The molecule has 3 aromatic rings. The molecular formula is C19H21N7O2. The molecule has 0 bridgehead atoms. The molecular weight excluding hydrogens is 358 g/mol. The predicted molar refractivity (Wildman–Crippen MR) is 104 cm³/mol. The minimum atomic E-state index is -0.0466. The van der Waals surface area contributed by atoms with Crippen molar-refractivity contribution >= 4 is 23.4 Å². The van der Waals surface area contributed by atoms with Gasteiger partial charge in [-0.05, 0) is 37.6 Å². The number of rotatable bonds is 4. The van der Waals surface area contributed by atoms with Crippen LogP contribution in [-0.4, -0.2) is 57.3 Å². The number of carbonyl (C=O) groups is 1. The number of nitrogens with one attached hydrogen (secondary N) is 1. The van der Waals surface area contributed by atoms with E-state index in [4.69, 9.17) is 4.52 Å². The fraction of sp³-hybridized carbons (Fsp3) is 0.316. The van der Waals surface area contributed by atoms with Crippen LogP contribution in [0, 0.1) is 13.8 Å². The highest BCUT2D eigenvalue weighted by atomic mass is 16.5. The van der Waals surface area contributed by atoms with E-state index >= 15 is 0 Å². The second kappa shape index (κ2) is 7.63. The highest BCUT2D eigenvalue weighted by molar-refractivity contribution is 5.94. The highest BCUT2D eigenvalue weighted by Gasteiger charge is 2.25. The molecule has 1 fully saturated rings. The molecule has 9 heteroatoms. The first-order chi connectivity index (χ1) is 13.6. The maximum atomic E-state index is 12.5. The lowest BCUT2D eigenvalue weighted by Gasteiger charge is -2.35. The van der Waals surface area contributed by atoms with Gasteiger partial charge in [0.25, 0.3) is 5.91 Å². The Bertz CT molecular complexity index is 945. The highest BCUT2D eigenvalue weighted by Crippen LogP contribution is 2.18. The van der Waals surface area contributed by atoms with Crippen LogP contribution in [0.4, 0.5) is 17.5 Å². The van der Waals surface area contributed by atoms with Gasteiger partial charge in [-0.1, -0.05) is 11.2 Å². The largest absolute Gasteiger partial charge is 0.361 e. The molecule has 1 aliphatic heterocycles. The normalized spacial score (nSPS) is 14.2. The van der Waals surface area contributed by atoms with Crippen molar-refractivity contribution in [2.24, 2.45) is 0 Å². The SMILES string of the molecule is Cc1ccc(Nc2ccc(N3CCN(C(=O)c4cnoc4C)CC3)nn2)nc1. The van der Waals surface area contributed by atoms with Crippen LogP contribution in [-0.2, 0) is 0 Å². The van der Waals surface area contributed by atoms with Crippen LogP contribution in [0.15, 0.2) is 41.2 Å². The van der Waals surface area contributed by atoms with Crippen molar-refractivity contribution in [2.45, 2.75) is 13.8 Å². The van der Waals surface area contributed by atoms with Gasteiger partial charge < -0.3 is 19.6 Å². The summed E-state index contributed by atoms with van der Waals surface area (Å²) in [7, 11) is 0. The second-order valence-electron chi connectivity index (χ2n) is 6.70. The number of hydrogen-bond donors (Lipinski definition) is 1. The number of carbonyl (C=O) groups excluding carboxylic acids is 1. The number of aryl methyl sites for hydroxylation is 2. The van der Waals surface area contributed by atoms with Gasteiger partial charge in [0.05, 0.1) is 6.20 Å². The third-order valence-electron chi connectivity index (χ3n) is 4.69. The number of amides is 1. The molecule has 0 aromatic carbocycles. The summed E-state index contributed by atoms with van der Waals surface area (Å²) >= 11 is 0. The number of pyridine rings is 1. The molecule has 0 saturated carbocycles. The summed E-state index contributed by atoms with van der Waals surface area (Å²) in [5, 5.41) is 15.4. The van der Waals surface area contributed by atoms with E-state index in [-0.39, 0.29) is 5.91 Å². The Morgan fingerprint density at radius 1 is 1.00 bits per heavy atom. The van der Waals surface area contributed by atoms with E-state index in [1.807, 2.05) is 36.1 Å². The molecule has 0 unspecified atom stereocenters. The number of hydrogen-bond acceptors (Lipinski definition) is 8. The Kier molecular flexibility index (Phi) is 4.88. The molecule has 144 valence electrons. The summed E-state index contributed by atoms with van der Waals surface area (Å²) in [5.74, 6) is 2.65. The van der Waals surface area contributed by atoms with E-state index in [1.54, 1.807) is 13.1 Å². The van der Waals surface area contributed by atoms with Crippen molar-refractivity contribution in [1.82, 2.24) is 25.2 Å². The van der Waals surface area contributed by atoms with Crippen LogP contribution in [0.5, 0.6) is 0 Å². The van der Waals surface area contributed by atoms with Crippen LogP contribution < -0.4 is 10.2 Å². The van der Waals surface area contributed by atoms with Crippen molar-refractivity contribution in [3.8, 4) is 0 Å². The van der Waals surface area contributed by atoms with E-state index in [0.29, 0.717) is 43.3 Å². The minimum Gasteiger partial charge on any atom is -0.361 e. The van der Waals surface area contributed by atoms with Gasteiger partial charge >= 0.3 is 0 Å². The first kappa shape index (κ1) is 17.9. The van der Waals surface area contributed by atoms with E-state index in [0.717, 1.165) is 17.2 Å². The van der Waals surface area contributed by atoms with Crippen molar-refractivity contribution in [1.29, 1.82) is 0 Å². The minimum absolute atomic E-state index is 0.0466. The summed E-state index contributed by atoms with van der Waals surface area (Å²) in [6.07, 6.45) is 3.27. The average Bonchev–Trinajstić information content (AvgIpc) is 3.16. The topological polar surface area (TPSA) is 100 Å². The van der Waals surface area contributed by atoms with E-state index < -0.39 is 0 Å². The van der Waals surface area contributed by atoms with Crippen LogP contribution in [0.2, 0.25) is 0 Å². The molecule has 0 atom stereocenters. The predicted octanol–water partition coefficient (Wildman–Crippen LogP) is 2.18.